The maximum Gasteiger partial charge on any atom is 0.287 e. The molecule has 1 aliphatic carbocycles. The number of H-pyrrole nitrogens is 1. The van der Waals surface area contributed by atoms with Crippen LogP contribution < -0.4 is 5.32 Å². The smallest absolute Gasteiger partial charge is 0.287 e. The summed E-state index contributed by atoms with van der Waals surface area (Å²) in [6, 6.07) is -0.153. The topological polar surface area (TPSA) is 95.8 Å². The largest absolute Gasteiger partial charge is 0.393 e. The van der Waals surface area contributed by atoms with Crippen LogP contribution in [0.15, 0.2) is 18.6 Å². The molecule has 112 valence electrons. The highest BCUT2D eigenvalue weighted by Crippen LogP contribution is 2.38. The van der Waals surface area contributed by atoms with Crippen LogP contribution in [0.2, 0.25) is 0 Å². The van der Waals surface area contributed by atoms with Crippen molar-refractivity contribution < 1.29 is 9.90 Å². The number of nitrogens with one attached hydrogen (secondary N) is 2. The number of imidazole rings is 1. The maximum absolute atomic E-state index is 12.3. The third-order valence-corrected chi connectivity index (χ3v) is 3.91. The Morgan fingerprint density at radius 3 is 2.81 bits per heavy atom. The highest BCUT2D eigenvalue weighted by molar-refractivity contribution is 5.90. The summed E-state index contributed by atoms with van der Waals surface area (Å²) in [6.07, 6.45) is 6.39. The van der Waals surface area contributed by atoms with Gasteiger partial charge in [0.15, 0.2) is 5.82 Å². The Labute approximate surface area is 122 Å². The van der Waals surface area contributed by atoms with Gasteiger partial charge < -0.3 is 15.4 Å². The van der Waals surface area contributed by atoms with E-state index in [0.717, 1.165) is 11.3 Å². The van der Waals surface area contributed by atoms with Crippen molar-refractivity contribution in [1.82, 2.24) is 25.1 Å². The molecule has 2 aromatic rings. The summed E-state index contributed by atoms with van der Waals surface area (Å²) >= 11 is 0. The Morgan fingerprint density at radius 2 is 2.29 bits per heavy atom. The van der Waals surface area contributed by atoms with Gasteiger partial charge in [0, 0.05) is 30.7 Å². The lowest BCUT2D eigenvalue weighted by atomic mass is 9.75. The minimum atomic E-state index is -0.267. The second kappa shape index (κ2) is 5.33. The SMILES string of the molecule is Cc1cnc(C(=O)N[C@H](c2cnn(C)c2)C2CC(O)C2)[nH]1. The molecule has 2 heterocycles. The molecule has 2 aromatic heterocycles. The van der Waals surface area contributed by atoms with Gasteiger partial charge in [0.1, 0.15) is 0 Å². The molecule has 0 aliphatic heterocycles. The molecule has 0 bridgehead atoms. The van der Waals surface area contributed by atoms with Crippen LogP contribution in [0.25, 0.3) is 0 Å². The van der Waals surface area contributed by atoms with Gasteiger partial charge in [-0.2, -0.15) is 5.10 Å². The standard InChI is InChI=1S/C14H19N5O2/c1-8-5-15-13(17-8)14(21)18-12(9-3-11(20)4-9)10-6-16-19(2)7-10/h5-7,9,11-12,20H,3-4H2,1-2H3,(H,15,17)(H,18,21)/t9?,11?,12-/m0/s1. The van der Waals surface area contributed by atoms with Crippen LogP contribution in [0.1, 0.15) is 40.8 Å². The van der Waals surface area contributed by atoms with Crippen LogP contribution in [0.3, 0.4) is 0 Å². The molecule has 0 unspecified atom stereocenters. The van der Waals surface area contributed by atoms with Gasteiger partial charge in [0.05, 0.1) is 18.3 Å². The molecule has 1 saturated carbocycles. The summed E-state index contributed by atoms with van der Waals surface area (Å²) in [4.78, 5) is 19.3. The van der Waals surface area contributed by atoms with Gasteiger partial charge in [-0.3, -0.25) is 9.48 Å². The zero-order chi connectivity index (χ0) is 15.0. The van der Waals surface area contributed by atoms with Gasteiger partial charge in [-0.15, -0.1) is 0 Å². The lowest BCUT2D eigenvalue weighted by Crippen LogP contribution is -2.41. The fraction of sp³-hybridized carbons (Fsp3) is 0.500. The van der Waals surface area contributed by atoms with E-state index in [2.05, 4.69) is 20.4 Å². The van der Waals surface area contributed by atoms with Crippen molar-refractivity contribution >= 4 is 5.91 Å². The summed E-state index contributed by atoms with van der Waals surface area (Å²) < 4.78 is 1.71. The molecule has 1 aliphatic rings. The molecule has 7 nitrogen and oxygen atoms in total. The zero-order valence-corrected chi connectivity index (χ0v) is 12.1. The van der Waals surface area contributed by atoms with Gasteiger partial charge in [0.25, 0.3) is 5.91 Å². The van der Waals surface area contributed by atoms with Gasteiger partial charge in [-0.25, -0.2) is 4.98 Å². The van der Waals surface area contributed by atoms with Gasteiger partial charge in [-0.1, -0.05) is 0 Å². The van der Waals surface area contributed by atoms with E-state index in [1.54, 1.807) is 17.1 Å². The van der Waals surface area contributed by atoms with E-state index in [1.807, 2.05) is 20.2 Å². The van der Waals surface area contributed by atoms with Crippen molar-refractivity contribution in [2.75, 3.05) is 0 Å². The number of aliphatic hydroxyl groups is 1. The number of aromatic amines is 1. The predicted molar refractivity (Wildman–Crippen MR) is 75.5 cm³/mol. The molecular formula is C14H19N5O2. The van der Waals surface area contributed by atoms with E-state index in [4.69, 9.17) is 0 Å². The normalized spacial score (nSPS) is 22.6. The van der Waals surface area contributed by atoms with Crippen LogP contribution >= 0.6 is 0 Å². The monoisotopic (exact) mass is 289 g/mol. The average Bonchev–Trinajstić information content (AvgIpc) is 3.01. The second-order valence-electron chi connectivity index (χ2n) is 5.70. The molecule has 21 heavy (non-hydrogen) atoms. The number of hydrogen-bond acceptors (Lipinski definition) is 4. The quantitative estimate of drug-likeness (QED) is 0.771. The van der Waals surface area contributed by atoms with E-state index in [9.17, 15) is 9.90 Å². The third-order valence-electron chi connectivity index (χ3n) is 3.91. The molecule has 1 amide bonds. The average molecular weight is 289 g/mol. The van der Waals surface area contributed by atoms with Crippen molar-refractivity contribution in [2.45, 2.75) is 31.9 Å². The van der Waals surface area contributed by atoms with Crippen molar-refractivity contribution in [3.8, 4) is 0 Å². The van der Waals surface area contributed by atoms with Crippen molar-refractivity contribution in [1.29, 1.82) is 0 Å². The molecule has 0 radical (unpaired) electrons. The Morgan fingerprint density at radius 1 is 1.52 bits per heavy atom. The summed E-state index contributed by atoms with van der Waals surface area (Å²) in [7, 11) is 1.84. The van der Waals surface area contributed by atoms with E-state index in [-0.39, 0.29) is 24.0 Å². The van der Waals surface area contributed by atoms with Crippen molar-refractivity contribution in [3.05, 3.63) is 35.7 Å². The fourth-order valence-corrected chi connectivity index (χ4v) is 2.71. The van der Waals surface area contributed by atoms with Crippen LogP contribution in [0.4, 0.5) is 0 Å². The molecule has 3 N–H and O–H groups in total. The third kappa shape index (κ3) is 2.82. The minimum Gasteiger partial charge on any atom is -0.393 e. The Kier molecular flexibility index (Phi) is 3.50. The molecule has 1 atom stereocenters. The highest BCUT2D eigenvalue weighted by Gasteiger charge is 2.36. The molecule has 7 heteroatoms. The maximum atomic E-state index is 12.3. The number of carbonyl (C=O) groups is 1. The first-order chi connectivity index (χ1) is 10.0. The summed E-state index contributed by atoms with van der Waals surface area (Å²) in [5.41, 5.74) is 1.79. The van der Waals surface area contributed by atoms with Crippen LogP contribution in [-0.2, 0) is 7.05 Å². The number of hydrogen-bond donors (Lipinski definition) is 3. The fourth-order valence-electron chi connectivity index (χ4n) is 2.71. The van der Waals surface area contributed by atoms with Crippen molar-refractivity contribution in [2.24, 2.45) is 13.0 Å². The molecule has 3 rings (SSSR count). The van der Waals surface area contributed by atoms with Crippen LogP contribution in [0.5, 0.6) is 0 Å². The summed E-state index contributed by atoms with van der Waals surface area (Å²) in [5.74, 6) is 0.295. The molecule has 0 spiro atoms. The van der Waals surface area contributed by atoms with Gasteiger partial charge in [-0.05, 0) is 25.7 Å². The van der Waals surface area contributed by atoms with Gasteiger partial charge in [0.2, 0.25) is 0 Å². The Hall–Kier alpha value is -2.15. The van der Waals surface area contributed by atoms with Crippen LogP contribution in [-0.4, -0.2) is 36.9 Å². The first kappa shape index (κ1) is 13.8. The highest BCUT2D eigenvalue weighted by atomic mass is 16.3. The molecule has 0 saturated heterocycles. The number of aliphatic hydroxyl groups excluding tert-OH is 1. The number of rotatable bonds is 4. The number of aromatic nitrogens is 4. The number of carbonyl (C=O) groups excluding carboxylic acids is 1. The number of aryl methyl sites for hydroxylation is 2. The Bertz CT molecular complexity index is 641. The van der Waals surface area contributed by atoms with E-state index < -0.39 is 0 Å². The first-order valence-electron chi connectivity index (χ1n) is 7.02. The molecular weight excluding hydrogens is 270 g/mol. The summed E-state index contributed by atoms with van der Waals surface area (Å²) in [5, 5.41) is 16.7. The molecule has 0 aromatic carbocycles. The minimum absolute atomic E-state index is 0.153. The summed E-state index contributed by atoms with van der Waals surface area (Å²) in [6.45, 7) is 1.85. The zero-order valence-electron chi connectivity index (χ0n) is 12.1. The first-order valence-corrected chi connectivity index (χ1v) is 7.02. The lowest BCUT2D eigenvalue weighted by molar-refractivity contribution is 0.0234. The Balaban J connectivity index is 1.77. The van der Waals surface area contributed by atoms with E-state index in [0.29, 0.717) is 18.7 Å². The lowest BCUT2D eigenvalue weighted by Gasteiger charge is -2.37. The van der Waals surface area contributed by atoms with E-state index in [1.165, 1.54) is 0 Å². The van der Waals surface area contributed by atoms with E-state index >= 15 is 0 Å². The second-order valence-corrected chi connectivity index (χ2v) is 5.70. The van der Waals surface area contributed by atoms with Gasteiger partial charge >= 0.3 is 0 Å². The number of amides is 1. The molecule has 1 fully saturated rings. The van der Waals surface area contributed by atoms with Crippen LogP contribution in [0, 0.1) is 12.8 Å². The van der Waals surface area contributed by atoms with Crippen molar-refractivity contribution in [3.63, 3.8) is 0 Å². The number of nitrogens with zero attached hydrogens (tertiary/aromatic N) is 3. The predicted octanol–water partition coefficient (Wildman–Crippen LogP) is 0.694.